The molecule has 2 fully saturated rings. The van der Waals surface area contributed by atoms with E-state index in [1.807, 2.05) is 18.7 Å². The summed E-state index contributed by atoms with van der Waals surface area (Å²) in [4.78, 5) is 16.0. The third-order valence-corrected chi connectivity index (χ3v) is 4.79. The Bertz CT molecular complexity index is 586. The number of hydrogen-bond acceptors (Lipinski definition) is 4. The molecule has 0 spiro atoms. The van der Waals surface area contributed by atoms with Crippen molar-refractivity contribution in [1.82, 2.24) is 19.6 Å². The van der Waals surface area contributed by atoms with Crippen LogP contribution < -0.4 is 0 Å². The monoisotopic (exact) mass is 342 g/mol. The van der Waals surface area contributed by atoms with Gasteiger partial charge in [-0.3, -0.25) is 14.4 Å². The Labute approximate surface area is 140 Å². The van der Waals surface area contributed by atoms with Crippen LogP contribution in [0.25, 0.3) is 0 Å². The van der Waals surface area contributed by atoms with Gasteiger partial charge in [0.25, 0.3) is 11.8 Å². The van der Waals surface area contributed by atoms with Gasteiger partial charge in [0.05, 0.1) is 13.2 Å². The zero-order chi connectivity index (χ0) is 17.3. The van der Waals surface area contributed by atoms with E-state index in [4.69, 9.17) is 4.74 Å². The minimum atomic E-state index is -2.67. The van der Waals surface area contributed by atoms with Gasteiger partial charge in [0, 0.05) is 50.9 Å². The molecule has 6 nitrogen and oxygen atoms in total. The number of amides is 1. The predicted octanol–water partition coefficient (Wildman–Crippen LogP) is 1.47. The van der Waals surface area contributed by atoms with E-state index in [1.54, 1.807) is 21.8 Å². The fourth-order valence-corrected chi connectivity index (χ4v) is 3.52. The Hall–Kier alpha value is -1.54. The Morgan fingerprint density at radius 1 is 1.42 bits per heavy atom. The molecule has 0 N–H and O–H groups in total. The van der Waals surface area contributed by atoms with Crippen molar-refractivity contribution in [3.05, 3.63) is 18.0 Å². The first-order valence-corrected chi connectivity index (χ1v) is 8.47. The average molecular weight is 342 g/mol. The van der Waals surface area contributed by atoms with E-state index >= 15 is 0 Å². The Morgan fingerprint density at radius 2 is 2.17 bits per heavy atom. The molecule has 1 amide bonds. The molecule has 3 rings (SSSR count). The molecule has 3 heterocycles. The largest absolute Gasteiger partial charge is 0.380 e. The van der Waals surface area contributed by atoms with Crippen molar-refractivity contribution in [1.29, 1.82) is 0 Å². The molecule has 0 aliphatic carbocycles. The average Bonchev–Trinajstić information content (AvgIpc) is 3.07. The summed E-state index contributed by atoms with van der Waals surface area (Å²) in [6.45, 7) is 5.96. The summed E-state index contributed by atoms with van der Waals surface area (Å²) in [6, 6.07) is 1.40. The minimum Gasteiger partial charge on any atom is -0.380 e. The van der Waals surface area contributed by atoms with Crippen LogP contribution in [-0.4, -0.2) is 76.3 Å². The maximum absolute atomic E-state index is 13.8. The smallest absolute Gasteiger partial charge is 0.272 e. The summed E-state index contributed by atoms with van der Waals surface area (Å²) >= 11 is 0. The number of likely N-dealkylation sites (tertiary alicyclic amines) is 2. The summed E-state index contributed by atoms with van der Waals surface area (Å²) in [5, 5.41) is 4.10. The number of aromatic nitrogens is 2. The zero-order valence-electron chi connectivity index (χ0n) is 14.1. The normalized spacial score (nSPS) is 24.3. The van der Waals surface area contributed by atoms with E-state index in [2.05, 4.69) is 5.10 Å². The molecule has 0 aromatic carbocycles. The topological polar surface area (TPSA) is 50.6 Å². The molecule has 0 saturated carbocycles. The number of hydrogen-bond donors (Lipinski definition) is 0. The second-order valence-corrected chi connectivity index (χ2v) is 6.44. The molecule has 1 aromatic rings. The van der Waals surface area contributed by atoms with E-state index in [9.17, 15) is 13.6 Å². The van der Waals surface area contributed by atoms with Crippen molar-refractivity contribution in [2.45, 2.75) is 44.8 Å². The summed E-state index contributed by atoms with van der Waals surface area (Å²) in [5.41, 5.74) is 0.550. The molecule has 134 valence electrons. The molecule has 0 bridgehead atoms. The van der Waals surface area contributed by atoms with Crippen LogP contribution in [0.1, 0.15) is 30.8 Å². The molecule has 0 unspecified atom stereocenters. The fourth-order valence-electron chi connectivity index (χ4n) is 3.52. The van der Waals surface area contributed by atoms with Gasteiger partial charge in [-0.2, -0.15) is 5.10 Å². The number of carbonyl (C=O) groups excluding carboxylic acids is 1. The molecule has 2 saturated heterocycles. The highest BCUT2D eigenvalue weighted by Crippen LogP contribution is 2.35. The van der Waals surface area contributed by atoms with Gasteiger partial charge in [0.2, 0.25) is 0 Å². The van der Waals surface area contributed by atoms with E-state index < -0.39 is 5.92 Å². The molecule has 24 heavy (non-hydrogen) atoms. The van der Waals surface area contributed by atoms with Gasteiger partial charge >= 0.3 is 0 Å². The Balaban J connectivity index is 1.59. The lowest BCUT2D eigenvalue weighted by molar-refractivity contribution is -0.0151. The van der Waals surface area contributed by atoms with Crippen molar-refractivity contribution in [3.63, 3.8) is 0 Å². The molecule has 8 heteroatoms. The standard InChI is InChI=1S/C16H24F2N4O2/c1-3-22-14(5-6-19-22)15(23)20-8-13(9-20)21-11-16(17,18)7-12(21)10-24-4-2/h5-6,12-13H,3-4,7-11H2,1-2H3/t12-/m0/s1. The third-order valence-electron chi connectivity index (χ3n) is 4.79. The van der Waals surface area contributed by atoms with Gasteiger partial charge in [0.1, 0.15) is 5.69 Å². The first-order valence-electron chi connectivity index (χ1n) is 8.47. The maximum atomic E-state index is 13.8. The van der Waals surface area contributed by atoms with E-state index in [0.717, 1.165) is 0 Å². The second kappa shape index (κ2) is 6.76. The van der Waals surface area contributed by atoms with Crippen LogP contribution in [0.2, 0.25) is 0 Å². The van der Waals surface area contributed by atoms with Gasteiger partial charge in [0.15, 0.2) is 0 Å². The lowest BCUT2D eigenvalue weighted by Gasteiger charge is -2.45. The molecule has 0 radical (unpaired) electrons. The lowest BCUT2D eigenvalue weighted by atomic mass is 10.1. The van der Waals surface area contributed by atoms with Crippen LogP contribution in [0.4, 0.5) is 8.78 Å². The van der Waals surface area contributed by atoms with Gasteiger partial charge in [-0.05, 0) is 19.9 Å². The summed E-state index contributed by atoms with van der Waals surface area (Å²) < 4.78 is 34.6. The van der Waals surface area contributed by atoms with Crippen molar-refractivity contribution >= 4 is 5.91 Å². The number of halogens is 2. The van der Waals surface area contributed by atoms with E-state index in [1.165, 1.54) is 0 Å². The van der Waals surface area contributed by atoms with Gasteiger partial charge in [-0.1, -0.05) is 0 Å². The van der Waals surface area contributed by atoms with Crippen LogP contribution in [0.15, 0.2) is 12.3 Å². The van der Waals surface area contributed by atoms with Crippen molar-refractivity contribution < 1.29 is 18.3 Å². The number of nitrogens with zero attached hydrogens (tertiary/aromatic N) is 4. The number of rotatable bonds is 6. The molecular weight excluding hydrogens is 318 g/mol. The van der Waals surface area contributed by atoms with E-state index in [0.29, 0.717) is 38.5 Å². The van der Waals surface area contributed by atoms with E-state index in [-0.39, 0.29) is 31.0 Å². The highest BCUT2D eigenvalue weighted by Gasteiger charge is 2.50. The molecule has 1 atom stereocenters. The molecule has 2 aliphatic rings. The predicted molar refractivity (Wildman–Crippen MR) is 84.1 cm³/mol. The minimum absolute atomic E-state index is 0.0224. The van der Waals surface area contributed by atoms with Crippen LogP contribution in [-0.2, 0) is 11.3 Å². The number of carbonyl (C=O) groups is 1. The second-order valence-electron chi connectivity index (χ2n) is 6.44. The maximum Gasteiger partial charge on any atom is 0.272 e. The third kappa shape index (κ3) is 3.30. The quantitative estimate of drug-likeness (QED) is 0.786. The SMILES string of the molecule is CCOC[C@@H]1CC(F)(F)CN1C1CN(C(=O)c2ccnn2CC)C1. The van der Waals surface area contributed by atoms with Crippen LogP contribution >= 0.6 is 0 Å². The van der Waals surface area contributed by atoms with Gasteiger partial charge in [-0.15, -0.1) is 0 Å². The van der Waals surface area contributed by atoms with Crippen molar-refractivity contribution in [2.24, 2.45) is 0 Å². The lowest BCUT2D eigenvalue weighted by Crippen LogP contribution is -2.62. The number of aryl methyl sites for hydroxylation is 1. The highest BCUT2D eigenvalue weighted by atomic mass is 19.3. The van der Waals surface area contributed by atoms with Crippen molar-refractivity contribution in [3.8, 4) is 0 Å². The number of ether oxygens (including phenoxy) is 1. The van der Waals surface area contributed by atoms with Crippen LogP contribution in [0, 0.1) is 0 Å². The van der Waals surface area contributed by atoms with Crippen LogP contribution in [0.3, 0.4) is 0 Å². The summed E-state index contributed by atoms with van der Waals surface area (Å²) in [5.74, 6) is -2.76. The fraction of sp³-hybridized carbons (Fsp3) is 0.750. The summed E-state index contributed by atoms with van der Waals surface area (Å²) in [7, 11) is 0. The first-order chi connectivity index (χ1) is 11.4. The van der Waals surface area contributed by atoms with Crippen molar-refractivity contribution in [2.75, 3.05) is 32.8 Å². The molecule has 2 aliphatic heterocycles. The summed E-state index contributed by atoms with van der Waals surface area (Å²) in [6.07, 6.45) is 1.44. The molecular formula is C16H24F2N4O2. The van der Waals surface area contributed by atoms with Gasteiger partial charge in [-0.25, -0.2) is 8.78 Å². The Morgan fingerprint density at radius 3 is 2.83 bits per heavy atom. The molecule has 1 aromatic heterocycles. The van der Waals surface area contributed by atoms with Crippen LogP contribution in [0.5, 0.6) is 0 Å². The first kappa shape index (κ1) is 17.3. The highest BCUT2D eigenvalue weighted by molar-refractivity contribution is 5.93. The Kier molecular flexibility index (Phi) is 4.87. The zero-order valence-corrected chi connectivity index (χ0v) is 14.1. The number of alkyl halides is 2. The van der Waals surface area contributed by atoms with Gasteiger partial charge < -0.3 is 9.64 Å².